The molecule has 0 radical (unpaired) electrons. The molecular weight excluding hydrogens is 328 g/mol. The molecule has 0 atom stereocenters. The number of fused-ring (bicyclic) bond motifs is 1. The molecule has 0 aliphatic heterocycles. The van der Waals surface area contributed by atoms with Gasteiger partial charge >= 0.3 is 0 Å². The van der Waals surface area contributed by atoms with E-state index in [1.54, 1.807) is 13.2 Å². The van der Waals surface area contributed by atoms with Crippen LogP contribution in [-0.4, -0.2) is 23.7 Å². The summed E-state index contributed by atoms with van der Waals surface area (Å²) in [5.74, 6) is 1.39. The molecule has 0 aliphatic rings. The average Bonchev–Trinajstić information content (AvgIpc) is 2.66. The molecule has 3 rings (SSSR count). The number of hydrogen-bond donors (Lipinski definition) is 1. The van der Waals surface area contributed by atoms with Crippen LogP contribution in [0.25, 0.3) is 23.2 Å². The Labute approximate surface area is 152 Å². The number of para-hydroxylation sites is 2. The van der Waals surface area contributed by atoms with Crippen molar-refractivity contribution in [3.05, 3.63) is 64.1 Å². The highest BCUT2D eigenvalue weighted by Gasteiger charge is 2.05. The van der Waals surface area contributed by atoms with E-state index in [0.29, 0.717) is 23.8 Å². The van der Waals surface area contributed by atoms with Crippen LogP contribution in [0.2, 0.25) is 0 Å². The van der Waals surface area contributed by atoms with E-state index in [4.69, 9.17) is 9.47 Å². The quantitative estimate of drug-likeness (QED) is 0.646. The Kier molecular flexibility index (Phi) is 5.69. The summed E-state index contributed by atoms with van der Waals surface area (Å²) >= 11 is 0. The van der Waals surface area contributed by atoms with Crippen molar-refractivity contribution < 1.29 is 9.47 Å². The lowest BCUT2D eigenvalue weighted by atomic mass is 10.1. The number of unbranched alkanes of at least 4 members (excludes halogenated alkanes) is 1. The maximum absolute atomic E-state index is 12.2. The predicted octanol–water partition coefficient (Wildman–Crippen LogP) is 4.28. The monoisotopic (exact) mass is 350 g/mol. The molecule has 1 heterocycles. The van der Waals surface area contributed by atoms with Crippen LogP contribution in [0, 0.1) is 0 Å². The Balaban J connectivity index is 1.87. The zero-order valence-corrected chi connectivity index (χ0v) is 15.0. The van der Waals surface area contributed by atoms with Gasteiger partial charge in [0, 0.05) is 0 Å². The van der Waals surface area contributed by atoms with E-state index in [2.05, 4.69) is 16.9 Å². The summed E-state index contributed by atoms with van der Waals surface area (Å²) in [5.41, 5.74) is 2.54. The minimum atomic E-state index is -0.215. The molecule has 0 aliphatic carbocycles. The van der Waals surface area contributed by atoms with Crippen molar-refractivity contribution in [3.63, 3.8) is 0 Å². The second-order valence-corrected chi connectivity index (χ2v) is 5.91. The third-order valence-electron chi connectivity index (χ3n) is 4.00. The lowest BCUT2D eigenvalue weighted by Gasteiger charge is -2.11. The van der Waals surface area contributed by atoms with E-state index >= 15 is 0 Å². The maximum Gasteiger partial charge on any atom is 0.274 e. The van der Waals surface area contributed by atoms with Crippen molar-refractivity contribution in [2.45, 2.75) is 19.8 Å². The lowest BCUT2D eigenvalue weighted by molar-refractivity contribution is 0.288. The molecule has 5 nitrogen and oxygen atoms in total. The van der Waals surface area contributed by atoms with Crippen molar-refractivity contribution >= 4 is 23.2 Å². The molecule has 1 aromatic heterocycles. The molecule has 0 spiro atoms. The zero-order valence-electron chi connectivity index (χ0n) is 15.0. The molecule has 1 N–H and O–H groups in total. The maximum atomic E-state index is 12.2. The number of nitrogens with one attached hydrogen (secondary N) is 1. The summed E-state index contributed by atoms with van der Waals surface area (Å²) in [7, 11) is 1.62. The largest absolute Gasteiger partial charge is 0.493 e. The van der Waals surface area contributed by atoms with Crippen molar-refractivity contribution in [2.24, 2.45) is 0 Å². The number of H-pyrrole nitrogens is 1. The number of methoxy groups -OCH3 is 1. The van der Waals surface area contributed by atoms with Gasteiger partial charge in [0.2, 0.25) is 0 Å². The van der Waals surface area contributed by atoms with E-state index in [1.807, 2.05) is 48.5 Å². The third kappa shape index (κ3) is 4.11. The molecule has 0 unspecified atom stereocenters. The summed E-state index contributed by atoms with van der Waals surface area (Å²) in [6, 6.07) is 13.1. The summed E-state index contributed by atoms with van der Waals surface area (Å²) in [6.07, 6.45) is 5.61. The van der Waals surface area contributed by atoms with Crippen LogP contribution in [-0.2, 0) is 0 Å². The van der Waals surface area contributed by atoms with Crippen molar-refractivity contribution in [1.82, 2.24) is 9.97 Å². The smallest absolute Gasteiger partial charge is 0.274 e. The molecule has 0 amide bonds. The normalized spacial score (nSPS) is 11.2. The number of nitrogens with zero attached hydrogens (tertiary/aromatic N) is 1. The van der Waals surface area contributed by atoms with E-state index in [9.17, 15) is 4.79 Å². The van der Waals surface area contributed by atoms with E-state index < -0.39 is 0 Å². The van der Waals surface area contributed by atoms with Crippen LogP contribution >= 0.6 is 0 Å². The van der Waals surface area contributed by atoms with Gasteiger partial charge in [0.15, 0.2) is 11.5 Å². The number of rotatable bonds is 7. The van der Waals surface area contributed by atoms with Crippen LogP contribution < -0.4 is 15.0 Å². The predicted molar refractivity (Wildman–Crippen MR) is 105 cm³/mol. The van der Waals surface area contributed by atoms with Gasteiger partial charge in [-0.1, -0.05) is 37.6 Å². The van der Waals surface area contributed by atoms with E-state index in [1.165, 1.54) is 0 Å². The fraction of sp³-hybridized carbons (Fsp3) is 0.238. The molecule has 5 heteroatoms. The lowest BCUT2D eigenvalue weighted by Crippen LogP contribution is -2.11. The van der Waals surface area contributed by atoms with Crippen LogP contribution in [0.15, 0.2) is 47.3 Å². The van der Waals surface area contributed by atoms with Gasteiger partial charge in [-0.2, -0.15) is 0 Å². The number of ether oxygens (including phenoxy) is 2. The Morgan fingerprint density at radius 3 is 2.77 bits per heavy atom. The van der Waals surface area contributed by atoms with Crippen molar-refractivity contribution in [1.29, 1.82) is 0 Å². The summed E-state index contributed by atoms with van der Waals surface area (Å²) < 4.78 is 11.1. The van der Waals surface area contributed by atoms with Gasteiger partial charge in [0.1, 0.15) is 5.69 Å². The first-order valence-electron chi connectivity index (χ1n) is 8.69. The van der Waals surface area contributed by atoms with E-state index in [0.717, 1.165) is 29.4 Å². The summed E-state index contributed by atoms with van der Waals surface area (Å²) in [6.45, 7) is 2.76. The fourth-order valence-electron chi connectivity index (χ4n) is 2.57. The molecule has 26 heavy (non-hydrogen) atoms. The number of aromatic nitrogens is 2. The summed E-state index contributed by atoms with van der Waals surface area (Å²) in [5, 5.41) is 0. The molecule has 0 bridgehead atoms. The highest BCUT2D eigenvalue weighted by Crippen LogP contribution is 2.29. The Hall–Kier alpha value is -3.08. The molecular formula is C21H22N2O3. The SMILES string of the molecule is CCCCOc1cc(/C=C/c2nc3ccccc3[nH]c2=O)ccc1OC. The Morgan fingerprint density at radius 1 is 1.12 bits per heavy atom. The van der Waals surface area contributed by atoms with Crippen molar-refractivity contribution in [2.75, 3.05) is 13.7 Å². The standard InChI is InChI=1S/C21H22N2O3/c1-3-4-13-26-20-14-15(10-12-19(20)25-2)9-11-18-21(24)23-17-8-6-5-7-16(17)22-18/h5-12,14H,3-4,13H2,1-2H3,(H,23,24)/b11-9+. The van der Waals surface area contributed by atoms with Gasteiger partial charge in [-0.05, 0) is 42.3 Å². The first-order valence-corrected chi connectivity index (χ1v) is 8.69. The minimum Gasteiger partial charge on any atom is -0.493 e. The topological polar surface area (TPSA) is 64.2 Å². The van der Waals surface area contributed by atoms with Gasteiger partial charge in [-0.25, -0.2) is 4.98 Å². The Morgan fingerprint density at radius 2 is 1.96 bits per heavy atom. The second-order valence-electron chi connectivity index (χ2n) is 5.91. The first kappa shape index (κ1) is 17.7. The van der Waals surface area contributed by atoms with Crippen LogP contribution in [0.4, 0.5) is 0 Å². The molecule has 0 saturated carbocycles. The summed E-state index contributed by atoms with van der Waals surface area (Å²) in [4.78, 5) is 19.4. The minimum absolute atomic E-state index is 0.215. The molecule has 134 valence electrons. The highest BCUT2D eigenvalue weighted by atomic mass is 16.5. The third-order valence-corrected chi connectivity index (χ3v) is 4.00. The fourth-order valence-corrected chi connectivity index (χ4v) is 2.57. The number of benzene rings is 2. The van der Waals surface area contributed by atoms with Crippen LogP contribution in [0.3, 0.4) is 0 Å². The van der Waals surface area contributed by atoms with E-state index in [-0.39, 0.29) is 5.56 Å². The highest BCUT2D eigenvalue weighted by molar-refractivity contribution is 5.76. The Bertz CT molecular complexity index is 976. The molecule has 0 fully saturated rings. The van der Waals surface area contributed by atoms with Crippen LogP contribution in [0.5, 0.6) is 11.5 Å². The van der Waals surface area contributed by atoms with Gasteiger partial charge in [0.05, 0.1) is 24.8 Å². The molecule has 0 saturated heterocycles. The van der Waals surface area contributed by atoms with Gasteiger partial charge in [-0.15, -0.1) is 0 Å². The zero-order chi connectivity index (χ0) is 18.4. The van der Waals surface area contributed by atoms with Crippen molar-refractivity contribution in [3.8, 4) is 11.5 Å². The second kappa shape index (κ2) is 8.34. The van der Waals surface area contributed by atoms with Gasteiger partial charge < -0.3 is 14.5 Å². The average molecular weight is 350 g/mol. The number of aromatic amines is 1. The number of hydrogen-bond acceptors (Lipinski definition) is 4. The molecule has 2 aromatic carbocycles. The van der Waals surface area contributed by atoms with Gasteiger partial charge in [0.25, 0.3) is 5.56 Å². The van der Waals surface area contributed by atoms with Crippen LogP contribution in [0.1, 0.15) is 31.0 Å². The first-order chi connectivity index (χ1) is 12.7. The van der Waals surface area contributed by atoms with Gasteiger partial charge in [-0.3, -0.25) is 4.79 Å². The molecule has 3 aromatic rings.